The van der Waals surface area contributed by atoms with Crippen LogP contribution in [0.4, 0.5) is 4.39 Å². The summed E-state index contributed by atoms with van der Waals surface area (Å²) < 4.78 is 12.8. The van der Waals surface area contributed by atoms with Crippen LogP contribution in [0, 0.1) is 11.7 Å². The van der Waals surface area contributed by atoms with Crippen molar-refractivity contribution in [3.05, 3.63) is 30.1 Å². The maximum atomic E-state index is 12.8. The van der Waals surface area contributed by atoms with E-state index in [1.165, 1.54) is 12.1 Å². The van der Waals surface area contributed by atoms with Gasteiger partial charge in [-0.1, -0.05) is 6.92 Å². The minimum Gasteiger partial charge on any atom is -0.396 e. The Kier molecular flexibility index (Phi) is 7.62. The summed E-state index contributed by atoms with van der Waals surface area (Å²) >= 11 is 1.54. The van der Waals surface area contributed by atoms with Gasteiger partial charge in [0, 0.05) is 29.2 Å². The molecule has 2 unspecified atom stereocenters. The van der Waals surface area contributed by atoms with E-state index in [1.807, 2.05) is 13.8 Å². The Morgan fingerprint density at radius 2 is 2.00 bits per heavy atom. The highest BCUT2D eigenvalue weighted by Gasteiger charge is 2.15. The third-order valence-corrected chi connectivity index (χ3v) is 4.22. The first-order valence-electron chi connectivity index (χ1n) is 6.82. The predicted molar refractivity (Wildman–Crippen MR) is 80.2 cm³/mol. The number of aliphatic hydroxyl groups excluding tert-OH is 1. The van der Waals surface area contributed by atoms with Gasteiger partial charge in [-0.25, -0.2) is 4.39 Å². The highest BCUT2D eigenvalue weighted by Crippen LogP contribution is 2.21. The molecule has 0 heterocycles. The maximum absolute atomic E-state index is 12.8. The van der Waals surface area contributed by atoms with E-state index in [2.05, 4.69) is 5.32 Å². The number of aliphatic hydroxyl groups is 1. The standard InChI is InChI=1S/C15H22FNO2S/c1-11(15(19)17-12(2)4-3-9-18)10-20-14-7-5-13(16)6-8-14/h5-8,11-12,18H,3-4,9-10H2,1-2H3,(H,17,19). The average Bonchev–Trinajstić information content (AvgIpc) is 2.44. The Labute approximate surface area is 124 Å². The van der Waals surface area contributed by atoms with E-state index in [9.17, 15) is 9.18 Å². The molecule has 20 heavy (non-hydrogen) atoms. The molecule has 112 valence electrons. The number of carbonyl (C=O) groups is 1. The quantitative estimate of drug-likeness (QED) is 0.726. The van der Waals surface area contributed by atoms with E-state index in [0.29, 0.717) is 12.2 Å². The van der Waals surface area contributed by atoms with Gasteiger partial charge in [0.1, 0.15) is 5.82 Å². The Morgan fingerprint density at radius 3 is 2.60 bits per heavy atom. The topological polar surface area (TPSA) is 49.3 Å². The van der Waals surface area contributed by atoms with Crippen LogP contribution in [0.2, 0.25) is 0 Å². The predicted octanol–water partition coefficient (Wildman–Crippen LogP) is 2.83. The van der Waals surface area contributed by atoms with Crippen LogP contribution < -0.4 is 5.32 Å². The first-order valence-corrected chi connectivity index (χ1v) is 7.81. The molecule has 0 spiro atoms. The third kappa shape index (κ3) is 6.39. The van der Waals surface area contributed by atoms with Gasteiger partial charge in [-0.3, -0.25) is 4.79 Å². The van der Waals surface area contributed by atoms with Gasteiger partial charge in [-0.15, -0.1) is 11.8 Å². The van der Waals surface area contributed by atoms with Crippen molar-refractivity contribution in [3.63, 3.8) is 0 Å². The Balaban J connectivity index is 2.32. The van der Waals surface area contributed by atoms with Crippen molar-refractivity contribution in [2.45, 2.75) is 37.6 Å². The van der Waals surface area contributed by atoms with Crippen LogP contribution in [0.5, 0.6) is 0 Å². The van der Waals surface area contributed by atoms with Crippen LogP contribution >= 0.6 is 11.8 Å². The van der Waals surface area contributed by atoms with Crippen LogP contribution in [0.15, 0.2) is 29.2 Å². The van der Waals surface area contributed by atoms with Crippen molar-refractivity contribution < 1.29 is 14.3 Å². The fourth-order valence-corrected chi connectivity index (χ4v) is 2.60. The summed E-state index contributed by atoms with van der Waals surface area (Å²) in [7, 11) is 0. The lowest BCUT2D eigenvalue weighted by Gasteiger charge is -2.17. The average molecular weight is 299 g/mol. The zero-order chi connectivity index (χ0) is 15.0. The smallest absolute Gasteiger partial charge is 0.223 e. The lowest BCUT2D eigenvalue weighted by Crippen LogP contribution is -2.37. The largest absolute Gasteiger partial charge is 0.396 e. The van der Waals surface area contributed by atoms with Gasteiger partial charge in [0.2, 0.25) is 5.91 Å². The number of carbonyl (C=O) groups excluding carboxylic acids is 1. The lowest BCUT2D eigenvalue weighted by atomic mass is 10.1. The number of hydrogen-bond donors (Lipinski definition) is 2. The van der Waals surface area contributed by atoms with Gasteiger partial charge < -0.3 is 10.4 Å². The molecular weight excluding hydrogens is 277 g/mol. The molecule has 0 saturated carbocycles. The fraction of sp³-hybridized carbons (Fsp3) is 0.533. The van der Waals surface area contributed by atoms with Crippen molar-refractivity contribution in [3.8, 4) is 0 Å². The Hall–Kier alpha value is -1.07. The molecule has 1 aromatic carbocycles. The Bertz CT molecular complexity index is 411. The maximum Gasteiger partial charge on any atom is 0.223 e. The molecule has 0 aliphatic rings. The molecule has 0 saturated heterocycles. The number of benzene rings is 1. The van der Waals surface area contributed by atoms with Gasteiger partial charge in [-0.05, 0) is 44.0 Å². The fourth-order valence-electron chi connectivity index (χ4n) is 1.68. The van der Waals surface area contributed by atoms with Gasteiger partial charge in [0.05, 0.1) is 0 Å². The van der Waals surface area contributed by atoms with E-state index in [0.717, 1.165) is 11.3 Å². The van der Waals surface area contributed by atoms with E-state index >= 15 is 0 Å². The van der Waals surface area contributed by atoms with E-state index in [-0.39, 0.29) is 30.3 Å². The summed E-state index contributed by atoms with van der Waals surface area (Å²) in [5.74, 6) is 0.314. The third-order valence-electron chi connectivity index (χ3n) is 2.95. The number of hydrogen-bond acceptors (Lipinski definition) is 3. The summed E-state index contributed by atoms with van der Waals surface area (Å²) in [6, 6.07) is 6.35. The second-order valence-corrected chi connectivity index (χ2v) is 6.03. The first kappa shape index (κ1) is 17.0. The van der Waals surface area contributed by atoms with Crippen LogP contribution in [0.3, 0.4) is 0 Å². The molecule has 0 aliphatic carbocycles. The number of amides is 1. The summed E-state index contributed by atoms with van der Waals surface area (Å²) in [6.07, 6.45) is 1.47. The highest BCUT2D eigenvalue weighted by molar-refractivity contribution is 7.99. The van der Waals surface area contributed by atoms with Crippen LogP contribution in [-0.2, 0) is 4.79 Å². The molecule has 2 atom stereocenters. The minimum absolute atomic E-state index is 0.0186. The summed E-state index contributed by atoms with van der Waals surface area (Å²) in [5, 5.41) is 11.7. The van der Waals surface area contributed by atoms with Crippen molar-refractivity contribution in [2.75, 3.05) is 12.4 Å². The molecule has 3 nitrogen and oxygen atoms in total. The molecule has 0 fully saturated rings. The van der Waals surface area contributed by atoms with Crippen LogP contribution in [0.1, 0.15) is 26.7 Å². The van der Waals surface area contributed by atoms with E-state index in [1.54, 1.807) is 23.9 Å². The molecule has 2 N–H and O–H groups in total. The second-order valence-electron chi connectivity index (χ2n) is 4.94. The van der Waals surface area contributed by atoms with Gasteiger partial charge in [-0.2, -0.15) is 0 Å². The monoisotopic (exact) mass is 299 g/mol. The van der Waals surface area contributed by atoms with Crippen molar-refractivity contribution in [2.24, 2.45) is 5.92 Å². The van der Waals surface area contributed by atoms with Gasteiger partial charge in [0.15, 0.2) is 0 Å². The highest BCUT2D eigenvalue weighted by atomic mass is 32.2. The van der Waals surface area contributed by atoms with E-state index < -0.39 is 0 Å². The lowest BCUT2D eigenvalue weighted by molar-refractivity contribution is -0.124. The number of thioether (sulfide) groups is 1. The van der Waals surface area contributed by atoms with Crippen molar-refractivity contribution in [1.29, 1.82) is 0 Å². The molecule has 1 rings (SSSR count). The molecule has 5 heteroatoms. The molecule has 0 aliphatic heterocycles. The summed E-state index contributed by atoms with van der Waals surface area (Å²) in [6.45, 7) is 3.97. The van der Waals surface area contributed by atoms with Gasteiger partial charge >= 0.3 is 0 Å². The number of halogens is 1. The minimum atomic E-state index is -0.252. The Morgan fingerprint density at radius 1 is 1.35 bits per heavy atom. The zero-order valence-corrected chi connectivity index (χ0v) is 12.8. The zero-order valence-electron chi connectivity index (χ0n) is 11.9. The normalized spacial score (nSPS) is 13.8. The molecule has 1 amide bonds. The van der Waals surface area contributed by atoms with Crippen molar-refractivity contribution >= 4 is 17.7 Å². The first-order chi connectivity index (χ1) is 9.52. The van der Waals surface area contributed by atoms with Crippen LogP contribution in [0.25, 0.3) is 0 Å². The molecular formula is C15H22FNO2S. The number of nitrogens with one attached hydrogen (secondary N) is 1. The van der Waals surface area contributed by atoms with Crippen LogP contribution in [-0.4, -0.2) is 29.4 Å². The number of rotatable bonds is 8. The SMILES string of the molecule is CC(CCCO)NC(=O)C(C)CSc1ccc(F)cc1. The summed E-state index contributed by atoms with van der Waals surface area (Å²) in [5.41, 5.74) is 0. The second kappa shape index (κ2) is 8.97. The molecule has 0 bridgehead atoms. The van der Waals surface area contributed by atoms with Gasteiger partial charge in [0.25, 0.3) is 0 Å². The molecule has 0 aromatic heterocycles. The molecule has 0 radical (unpaired) electrons. The summed E-state index contributed by atoms with van der Waals surface area (Å²) in [4.78, 5) is 12.9. The van der Waals surface area contributed by atoms with E-state index in [4.69, 9.17) is 5.11 Å². The molecule has 1 aromatic rings. The van der Waals surface area contributed by atoms with Crippen molar-refractivity contribution in [1.82, 2.24) is 5.32 Å².